The van der Waals surface area contributed by atoms with E-state index in [-0.39, 0.29) is 18.3 Å². The van der Waals surface area contributed by atoms with Gasteiger partial charge in [0.05, 0.1) is 10.5 Å². The Labute approximate surface area is 195 Å². The number of H-pyrrole nitrogens is 1. The number of carbonyl (C=O) groups excluding carboxylic acids is 1. The summed E-state index contributed by atoms with van der Waals surface area (Å²) in [5.41, 5.74) is 5.12. The third-order valence-electron chi connectivity index (χ3n) is 6.85. The number of aromatic nitrogens is 1. The molecule has 31 heavy (non-hydrogen) atoms. The Morgan fingerprint density at radius 1 is 1.03 bits per heavy atom. The van der Waals surface area contributed by atoms with Gasteiger partial charge < -0.3 is 14.8 Å². The van der Waals surface area contributed by atoms with Crippen LogP contribution in [-0.2, 0) is 17.8 Å². The number of carbonyl (C=O) groups is 1. The molecule has 0 atom stereocenters. The standard InChI is InChI=1S/C25H28ClN3O.ClH/c26-23-7-3-6-21-22(16-27-25(21)23)19-8-12-28(13-9-19)14-11-24(30)29-15-10-18-4-1-2-5-20(18)17-29;/h1-7,16,19,27H,8-15,17H2;1H. The number of aromatic amines is 1. The molecule has 1 N–H and O–H groups in total. The molecule has 6 heteroatoms. The van der Waals surface area contributed by atoms with Crippen LogP contribution in [0.15, 0.2) is 48.7 Å². The Hall–Kier alpha value is -2.01. The van der Waals surface area contributed by atoms with Gasteiger partial charge in [0.2, 0.25) is 5.91 Å². The molecule has 0 unspecified atom stereocenters. The molecule has 0 aliphatic carbocycles. The molecule has 4 nitrogen and oxygen atoms in total. The van der Waals surface area contributed by atoms with Gasteiger partial charge in [-0.05, 0) is 61.0 Å². The summed E-state index contributed by atoms with van der Waals surface area (Å²) in [6.45, 7) is 4.58. The minimum Gasteiger partial charge on any atom is -0.360 e. The van der Waals surface area contributed by atoms with Crippen molar-refractivity contribution in [1.29, 1.82) is 0 Å². The first-order chi connectivity index (χ1) is 14.7. The number of benzene rings is 2. The molecule has 0 radical (unpaired) electrons. The van der Waals surface area contributed by atoms with Gasteiger partial charge in [0, 0.05) is 37.6 Å². The molecule has 1 fully saturated rings. The first-order valence-electron chi connectivity index (χ1n) is 11.0. The minimum absolute atomic E-state index is 0. The van der Waals surface area contributed by atoms with Crippen LogP contribution in [-0.4, -0.2) is 46.9 Å². The lowest BCUT2D eigenvalue weighted by atomic mass is 9.89. The molecule has 164 valence electrons. The molecule has 0 bridgehead atoms. The van der Waals surface area contributed by atoms with Crippen molar-refractivity contribution < 1.29 is 4.79 Å². The van der Waals surface area contributed by atoms with Crippen LogP contribution in [0, 0.1) is 0 Å². The van der Waals surface area contributed by atoms with Gasteiger partial charge >= 0.3 is 0 Å². The zero-order valence-corrected chi connectivity index (χ0v) is 19.2. The van der Waals surface area contributed by atoms with Gasteiger partial charge in [-0.3, -0.25) is 4.79 Å². The smallest absolute Gasteiger partial charge is 0.224 e. The Morgan fingerprint density at radius 2 is 1.81 bits per heavy atom. The monoisotopic (exact) mass is 457 g/mol. The zero-order chi connectivity index (χ0) is 20.5. The summed E-state index contributed by atoms with van der Waals surface area (Å²) in [6.07, 6.45) is 5.99. The van der Waals surface area contributed by atoms with E-state index >= 15 is 0 Å². The van der Waals surface area contributed by atoms with Gasteiger partial charge in [-0.25, -0.2) is 0 Å². The summed E-state index contributed by atoms with van der Waals surface area (Å²) in [4.78, 5) is 20.6. The van der Waals surface area contributed by atoms with E-state index in [9.17, 15) is 4.79 Å². The highest BCUT2D eigenvalue weighted by atomic mass is 35.5. The molecular weight excluding hydrogens is 429 g/mol. The molecule has 1 amide bonds. The van der Waals surface area contributed by atoms with Crippen molar-refractivity contribution in [3.05, 3.63) is 70.4 Å². The van der Waals surface area contributed by atoms with Crippen LogP contribution in [0.1, 0.15) is 41.9 Å². The fourth-order valence-electron chi connectivity index (χ4n) is 5.06. The third-order valence-corrected chi connectivity index (χ3v) is 7.16. The summed E-state index contributed by atoms with van der Waals surface area (Å²) in [7, 11) is 0. The Kier molecular flexibility index (Phi) is 6.90. The van der Waals surface area contributed by atoms with E-state index in [1.54, 1.807) is 0 Å². The second kappa shape index (κ2) is 9.64. The van der Waals surface area contributed by atoms with Crippen molar-refractivity contribution in [3.63, 3.8) is 0 Å². The normalized spacial score (nSPS) is 17.4. The molecule has 2 aromatic carbocycles. The number of hydrogen-bond donors (Lipinski definition) is 1. The van der Waals surface area contributed by atoms with Gasteiger partial charge in [-0.1, -0.05) is 48.0 Å². The molecule has 3 aromatic rings. The first-order valence-corrected chi connectivity index (χ1v) is 11.4. The van der Waals surface area contributed by atoms with E-state index in [1.165, 1.54) is 22.1 Å². The molecule has 2 aliphatic heterocycles. The van der Waals surface area contributed by atoms with Crippen LogP contribution in [0.2, 0.25) is 5.02 Å². The lowest BCUT2D eigenvalue weighted by molar-refractivity contribution is -0.132. The predicted octanol–water partition coefficient (Wildman–Crippen LogP) is 5.40. The molecule has 2 aliphatic rings. The fourth-order valence-corrected chi connectivity index (χ4v) is 5.29. The maximum atomic E-state index is 12.8. The third kappa shape index (κ3) is 4.62. The highest BCUT2D eigenvalue weighted by Gasteiger charge is 2.25. The number of halogens is 2. The van der Waals surface area contributed by atoms with Gasteiger partial charge in [0.1, 0.15) is 0 Å². The van der Waals surface area contributed by atoms with E-state index in [0.717, 1.165) is 62.5 Å². The summed E-state index contributed by atoms with van der Waals surface area (Å²) < 4.78 is 0. The van der Waals surface area contributed by atoms with Crippen molar-refractivity contribution in [2.75, 3.05) is 26.2 Å². The number of hydrogen-bond acceptors (Lipinski definition) is 2. The topological polar surface area (TPSA) is 39.3 Å². The molecule has 3 heterocycles. The van der Waals surface area contributed by atoms with Gasteiger partial charge in [0.15, 0.2) is 0 Å². The lowest BCUT2D eigenvalue weighted by Gasteiger charge is -2.33. The Bertz CT molecular complexity index is 1060. The van der Waals surface area contributed by atoms with Gasteiger partial charge in [-0.2, -0.15) is 0 Å². The van der Waals surface area contributed by atoms with Crippen LogP contribution in [0.5, 0.6) is 0 Å². The van der Waals surface area contributed by atoms with Crippen LogP contribution >= 0.6 is 24.0 Å². The van der Waals surface area contributed by atoms with Gasteiger partial charge in [0.25, 0.3) is 0 Å². The highest BCUT2D eigenvalue weighted by molar-refractivity contribution is 6.35. The molecule has 0 spiro atoms. The number of likely N-dealkylation sites (tertiary alicyclic amines) is 1. The van der Waals surface area contributed by atoms with Crippen molar-refractivity contribution >= 4 is 40.8 Å². The quantitative estimate of drug-likeness (QED) is 0.569. The van der Waals surface area contributed by atoms with E-state index in [1.807, 2.05) is 17.0 Å². The highest BCUT2D eigenvalue weighted by Crippen LogP contribution is 2.35. The minimum atomic E-state index is 0. The second-order valence-electron chi connectivity index (χ2n) is 8.61. The van der Waals surface area contributed by atoms with E-state index in [4.69, 9.17) is 11.6 Å². The molecule has 1 aromatic heterocycles. The van der Waals surface area contributed by atoms with E-state index in [2.05, 4.69) is 46.4 Å². The Morgan fingerprint density at radius 3 is 2.61 bits per heavy atom. The molecular formula is C25H29Cl2N3O. The van der Waals surface area contributed by atoms with E-state index < -0.39 is 0 Å². The SMILES string of the molecule is Cl.O=C(CCN1CCC(c2c[nH]c3c(Cl)cccc23)CC1)N1CCc2ccccc2C1. The average Bonchev–Trinajstić information content (AvgIpc) is 3.23. The Balaban J connectivity index is 0.00000231. The van der Waals surface area contributed by atoms with Crippen molar-refractivity contribution in [2.24, 2.45) is 0 Å². The number of amides is 1. The van der Waals surface area contributed by atoms with Crippen LogP contribution in [0.4, 0.5) is 0 Å². The zero-order valence-electron chi connectivity index (χ0n) is 17.6. The summed E-state index contributed by atoms with van der Waals surface area (Å²) >= 11 is 6.32. The number of piperidine rings is 1. The second-order valence-corrected chi connectivity index (χ2v) is 9.01. The first kappa shape index (κ1) is 22.2. The number of nitrogens with one attached hydrogen (secondary N) is 1. The lowest BCUT2D eigenvalue weighted by Crippen LogP contribution is -2.39. The maximum absolute atomic E-state index is 12.8. The largest absolute Gasteiger partial charge is 0.360 e. The van der Waals surface area contributed by atoms with Crippen molar-refractivity contribution in [2.45, 2.75) is 38.1 Å². The van der Waals surface area contributed by atoms with E-state index in [0.29, 0.717) is 12.3 Å². The van der Waals surface area contributed by atoms with Gasteiger partial charge in [-0.15, -0.1) is 12.4 Å². The molecule has 0 saturated carbocycles. The van der Waals surface area contributed by atoms with Crippen LogP contribution < -0.4 is 0 Å². The van der Waals surface area contributed by atoms with Crippen LogP contribution in [0.3, 0.4) is 0 Å². The molecule has 1 saturated heterocycles. The number of para-hydroxylation sites is 1. The van der Waals surface area contributed by atoms with Crippen LogP contribution in [0.25, 0.3) is 10.9 Å². The number of rotatable bonds is 4. The summed E-state index contributed by atoms with van der Waals surface area (Å²) in [6, 6.07) is 14.6. The molecule has 5 rings (SSSR count). The predicted molar refractivity (Wildman–Crippen MR) is 129 cm³/mol. The summed E-state index contributed by atoms with van der Waals surface area (Å²) in [5, 5.41) is 2.04. The summed E-state index contributed by atoms with van der Waals surface area (Å²) in [5.74, 6) is 0.848. The van der Waals surface area contributed by atoms with Crippen molar-refractivity contribution in [3.8, 4) is 0 Å². The maximum Gasteiger partial charge on any atom is 0.224 e. The number of nitrogens with zero attached hydrogens (tertiary/aromatic N) is 2. The van der Waals surface area contributed by atoms with Crippen molar-refractivity contribution in [1.82, 2.24) is 14.8 Å². The average molecular weight is 458 g/mol. The fraction of sp³-hybridized carbons (Fsp3) is 0.400. The number of fused-ring (bicyclic) bond motifs is 2.